The number of hydrogen-bond donors (Lipinski definition) is 0. The first-order valence-corrected chi connectivity index (χ1v) is 8.90. The fourth-order valence-electron chi connectivity index (χ4n) is 1.63. The Bertz CT molecular complexity index is 605. The van der Waals surface area contributed by atoms with Gasteiger partial charge in [-0.2, -0.15) is 0 Å². The number of aromatic nitrogens is 1. The Hall–Kier alpha value is -0.170. The van der Waals surface area contributed by atoms with Crippen molar-refractivity contribution in [2.24, 2.45) is 0 Å². The smallest absolute Gasteiger partial charge is 0.175 e. The molecule has 0 radical (unpaired) electrons. The molecule has 0 N–H and O–H groups in total. The van der Waals surface area contributed by atoms with E-state index >= 15 is 0 Å². The highest BCUT2D eigenvalue weighted by Crippen LogP contribution is 2.33. The Morgan fingerprint density at radius 1 is 1.32 bits per heavy atom. The second-order valence-electron chi connectivity index (χ2n) is 4.07. The molecule has 19 heavy (non-hydrogen) atoms. The lowest BCUT2D eigenvalue weighted by atomic mass is 10.2. The zero-order chi connectivity index (χ0) is 14.0. The summed E-state index contributed by atoms with van der Waals surface area (Å²) >= 11 is 9.78. The molecule has 2 aromatic rings. The van der Waals surface area contributed by atoms with Gasteiger partial charge < -0.3 is 0 Å². The van der Waals surface area contributed by atoms with E-state index in [9.17, 15) is 4.79 Å². The molecule has 0 saturated carbocycles. The summed E-state index contributed by atoms with van der Waals surface area (Å²) in [6.07, 6.45) is 0. The third-order valence-electron chi connectivity index (χ3n) is 2.38. The largest absolute Gasteiger partial charge is 0.293 e. The number of thioether (sulfide) groups is 1. The van der Waals surface area contributed by atoms with Crippen LogP contribution in [-0.4, -0.2) is 16.5 Å². The van der Waals surface area contributed by atoms with Crippen LogP contribution in [0.15, 0.2) is 30.8 Å². The number of rotatable bonds is 4. The minimum Gasteiger partial charge on any atom is -0.293 e. The molecule has 0 saturated heterocycles. The lowest BCUT2D eigenvalue weighted by Crippen LogP contribution is -2.02. The van der Waals surface area contributed by atoms with Crippen LogP contribution in [0.4, 0.5) is 0 Å². The van der Waals surface area contributed by atoms with Crippen LogP contribution < -0.4 is 0 Å². The number of carbonyl (C=O) groups excluding carboxylic acids is 1. The second-order valence-corrected chi connectivity index (χ2v) is 8.82. The van der Waals surface area contributed by atoms with E-state index in [-0.39, 0.29) is 5.78 Å². The molecular weight excluding hydrogens is 410 g/mol. The molecule has 6 heteroatoms. The summed E-state index contributed by atoms with van der Waals surface area (Å²) in [6.45, 7) is 4.00. The van der Waals surface area contributed by atoms with E-state index in [1.54, 1.807) is 0 Å². The maximum Gasteiger partial charge on any atom is 0.175 e. The maximum absolute atomic E-state index is 12.1. The first-order chi connectivity index (χ1) is 8.95. The highest BCUT2D eigenvalue weighted by Gasteiger charge is 2.14. The lowest BCUT2D eigenvalue weighted by Gasteiger charge is -2.03. The van der Waals surface area contributed by atoms with Gasteiger partial charge in [0.15, 0.2) is 5.78 Å². The number of ketones is 1. The third kappa shape index (κ3) is 4.15. The number of aryl methyl sites for hydroxylation is 2. The quantitative estimate of drug-likeness (QED) is 0.499. The second kappa shape index (κ2) is 6.52. The number of Topliss-reactive ketones (excluding diaryl/α,β-unsaturated/α-hetero) is 1. The predicted octanol–water partition coefficient (Wildman–Crippen LogP) is 5.26. The number of pyridine rings is 1. The number of carbonyl (C=O) groups is 1. The van der Waals surface area contributed by atoms with Crippen LogP contribution in [0.2, 0.25) is 0 Å². The van der Waals surface area contributed by atoms with Gasteiger partial charge in [0.2, 0.25) is 0 Å². The monoisotopic (exact) mass is 419 g/mol. The van der Waals surface area contributed by atoms with E-state index in [0.29, 0.717) is 5.75 Å². The molecule has 0 unspecified atom stereocenters. The van der Waals surface area contributed by atoms with Crippen molar-refractivity contribution in [3.8, 4) is 0 Å². The highest BCUT2D eigenvalue weighted by molar-refractivity contribution is 9.12. The van der Waals surface area contributed by atoms with Gasteiger partial charge in [0.25, 0.3) is 0 Å². The van der Waals surface area contributed by atoms with Crippen molar-refractivity contribution in [3.63, 3.8) is 0 Å². The Morgan fingerprint density at radius 2 is 2.05 bits per heavy atom. The molecule has 0 atom stereocenters. The maximum atomic E-state index is 12.1. The van der Waals surface area contributed by atoms with Gasteiger partial charge in [-0.3, -0.25) is 4.79 Å². The van der Waals surface area contributed by atoms with Crippen molar-refractivity contribution >= 4 is 60.7 Å². The zero-order valence-corrected chi connectivity index (χ0v) is 15.2. The molecule has 2 rings (SSSR count). The van der Waals surface area contributed by atoms with Gasteiger partial charge in [0.1, 0.15) is 0 Å². The Labute approximate surface area is 137 Å². The summed E-state index contributed by atoms with van der Waals surface area (Å²) in [4.78, 5) is 16.5. The van der Waals surface area contributed by atoms with Crippen molar-refractivity contribution in [2.45, 2.75) is 18.9 Å². The summed E-state index contributed by atoms with van der Waals surface area (Å²) < 4.78 is 1.83. The van der Waals surface area contributed by atoms with Crippen LogP contribution in [0.3, 0.4) is 0 Å². The topological polar surface area (TPSA) is 30.0 Å². The lowest BCUT2D eigenvalue weighted by molar-refractivity contribution is 0.102. The average molecular weight is 421 g/mol. The molecule has 0 fully saturated rings. The molecule has 100 valence electrons. The predicted molar refractivity (Wildman–Crippen MR) is 88.5 cm³/mol. The number of hydrogen-bond acceptors (Lipinski definition) is 4. The molecule has 2 aromatic heterocycles. The van der Waals surface area contributed by atoms with Gasteiger partial charge in [0, 0.05) is 11.3 Å². The first kappa shape index (κ1) is 15.2. The van der Waals surface area contributed by atoms with Gasteiger partial charge in [0.05, 0.1) is 18.4 Å². The van der Waals surface area contributed by atoms with E-state index in [4.69, 9.17) is 0 Å². The molecule has 0 aliphatic rings. The van der Waals surface area contributed by atoms with E-state index in [0.717, 1.165) is 23.9 Å². The van der Waals surface area contributed by atoms with Crippen molar-refractivity contribution in [1.82, 2.24) is 4.98 Å². The zero-order valence-electron chi connectivity index (χ0n) is 10.4. The van der Waals surface area contributed by atoms with Crippen LogP contribution in [-0.2, 0) is 0 Å². The normalized spacial score (nSPS) is 10.7. The fourth-order valence-corrected chi connectivity index (χ4v) is 5.39. The summed E-state index contributed by atoms with van der Waals surface area (Å²) in [5, 5.41) is 0.899. The van der Waals surface area contributed by atoms with E-state index in [2.05, 4.69) is 36.8 Å². The first-order valence-electron chi connectivity index (χ1n) is 5.52. The Balaban J connectivity index is 2.06. The molecule has 0 spiro atoms. The Morgan fingerprint density at radius 3 is 2.63 bits per heavy atom. The highest BCUT2D eigenvalue weighted by atomic mass is 79.9. The van der Waals surface area contributed by atoms with E-state index < -0.39 is 0 Å². The minimum atomic E-state index is 0.111. The van der Waals surface area contributed by atoms with E-state index in [1.165, 1.54) is 28.7 Å². The summed E-state index contributed by atoms with van der Waals surface area (Å²) in [6, 6.07) is 5.88. The molecule has 2 nitrogen and oxygen atoms in total. The molecule has 2 heterocycles. The molecule has 0 aromatic carbocycles. The van der Waals surface area contributed by atoms with Crippen LogP contribution in [0.1, 0.15) is 21.6 Å². The minimum absolute atomic E-state index is 0.111. The van der Waals surface area contributed by atoms with Crippen LogP contribution in [0, 0.1) is 13.8 Å². The van der Waals surface area contributed by atoms with Crippen LogP contribution in [0.5, 0.6) is 0 Å². The standard InChI is InChI=1S/C13H11Br2NOS2/c1-7-3-8(2)16-12(4-7)18-6-10(17)9-5-11(14)19-13(9)15/h3-5H,6H2,1-2H3. The molecule has 0 aliphatic heterocycles. The van der Waals surface area contributed by atoms with Gasteiger partial charge >= 0.3 is 0 Å². The van der Waals surface area contributed by atoms with E-state index in [1.807, 2.05) is 32.0 Å². The summed E-state index contributed by atoms with van der Waals surface area (Å²) in [5.41, 5.74) is 2.88. The van der Waals surface area contributed by atoms with Gasteiger partial charge in [-0.25, -0.2) is 4.98 Å². The summed E-state index contributed by atoms with van der Waals surface area (Å²) in [5.74, 6) is 0.511. The molecule has 0 aliphatic carbocycles. The van der Waals surface area contributed by atoms with Gasteiger partial charge in [-0.05, 0) is 69.5 Å². The fraction of sp³-hybridized carbons (Fsp3) is 0.231. The number of nitrogens with zero attached hydrogens (tertiary/aromatic N) is 1. The number of thiophene rings is 1. The SMILES string of the molecule is Cc1cc(C)nc(SCC(=O)c2cc(Br)sc2Br)c1. The van der Waals surface area contributed by atoms with Gasteiger partial charge in [-0.1, -0.05) is 11.8 Å². The third-order valence-corrected chi connectivity index (χ3v) is 5.63. The van der Waals surface area contributed by atoms with Crippen molar-refractivity contribution < 1.29 is 4.79 Å². The average Bonchev–Trinajstić information content (AvgIpc) is 2.64. The van der Waals surface area contributed by atoms with Crippen molar-refractivity contribution in [2.75, 3.05) is 5.75 Å². The molecule has 0 bridgehead atoms. The molecular formula is C13H11Br2NOS2. The Kier molecular flexibility index (Phi) is 5.22. The number of halogens is 2. The van der Waals surface area contributed by atoms with Crippen LogP contribution in [0.25, 0.3) is 0 Å². The summed E-state index contributed by atoms with van der Waals surface area (Å²) in [7, 11) is 0. The van der Waals surface area contributed by atoms with Crippen LogP contribution >= 0.6 is 55.0 Å². The van der Waals surface area contributed by atoms with Gasteiger partial charge in [-0.15, -0.1) is 11.3 Å². The van der Waals surface area contributed by atoms with Crippen molar-refractivity contribution in [1.29, 1.82) is 0 Å². The van der Waals surface area contributed by atoms with Crippen molar-refractivity contribution in [3.05, 3.63) is 42.6 Å². The molecule has 0 amide bonds.